The van der Waals surface area contributed by atoms with E-state index in [9.17, 15) is 9.59 Å². The van der Waals surface area contributed by atoms with Crippen LogP contribution in [0.1, 0.15) is 16.1 Å². The molecular weight excluding hydrogens is 370 g/mol. The molecule has 1 fully saturated rings. The molecule has 0 bridgehead atoms. The zero-order chi connectivity index (χ0) is 18.3. The number of anilines is 1. The third kappa shape index (κ3) is 2.91. The van der Waals surface area contributed by atoms with Crippen LogP contribution in [0, 0.1) is 0 Å². The van der Waals surface area contributed by atoms with E-state index in [1.165, 1.54) is 17.0 Å². The highest BCUT2D eigenvalue weighted by molar-refractivity contribution is 8.27. The maximum atomic E-state index is 12.8. The molecule has 1 aliphatic rings. The number of para-hydroxylation sites is 1. The van der Waals surface area contributed by atoms with Crippen LogP contribution in [0.15, 0.2) is 63.9 Å². The minimum absolute atomic E-state index is 0.0952. The lowest BCUT2D eigenvalue weighted by Crippen LogP contribution is -2.27. The Morgan fingerprint density at radius 3 is 2.73 bits per heavy atom. The Morgan fingerprint density at radius 2 is 1.96 bits per heavy atom. The summed E-state index contributed by atoms with van der Waals surface area (Å²) in [6, 6.07) is 15.6. The fourth-order valence-electron chi connectivity index (χ4n) is 2.67. The van der Waals surface area contributed by atoms with Gasteiger partial charge in [0.15, 0.2) is 4.32 Å². The van der Waals surface area contributed by atoms with Crippen molar-refractivity contribution in [3.63, 3.8) is 0 Å². The summed E-state index contributed by atoms with van der Waals surface area (Å²) in [6.07, 6.45) is 1.65. The van der Waals surface area contributed by atoms with E-state index >= 15 is 0 Å². The highest BCUT2D eigenvalue weighted by Crippen LogP contribution is 2.36. The number of thioether (sulfide) groups is 1. The molecule has 26 heavy (non-hydrogen) atoms. The molecule has 0 spiro atoms. The summed E-state index contributed by atoms with van der Waals surface area (Å²) in [5, 5.41) is 10.1. The SMILES string of the molecule is O=C(O)c1cccc(N2C(=O)/C(=C\c3cc4ccccc4o3)SC2=S)c1. The second kappa shape index (κ2) is 6.44. The smallest absolute Gasteiger partial charge is 0.335 e. The van der Waals surface area contributed by atoms with E-state index < -0.39 is 5.97 Å². The standard InChI is InChI=1S/C19H11NO4S2/c21-17-16(10-14-9-11-4-1-2-7-15(11)24-14)26-19(25)20(17)13-6-3-5-12(8-13)18(22)23/h1-10H,(H,22,23)/b16-10+. The lowest BCUT2D eigenvalue weighted by molar-refractivity contribution is -0.113. The van der Waals surface area contributed by atoms with Crippen molar-refractivity contribution in [1.29, 1.82) is 0 Å². The molecule has 0 unspecified atom stereocenters. The van der Waals surface area contributed by atoms with Gasteiger partial charge >= 0.3 is 5.97 Å². The van der Waals surface area contributed by atoms with Crippen molar-refractivity contribution in [1.82, 2.24) is 0 Å². The number of carboxylic acid groups (broad SMARTS) is 1. The average molecular weight is 381 g/mol. The predicted molar refractivity (Wildman–Crippen MR) is 105 cm³/mol. The normalized spacial score (nSPS) is 16.0. The van der Waals surface area contributed by atoms with Gasteiger partial charge in [0.1, 0.15) is 11.3 Å². The van der Waals surface area contributed by atoms with Crippen molar-refractivity contribution in [2.24, 2.45) is 0 Å². The molecular formula is C19H11NO4S2. The maximum Gasteiger partial charge on any atom is 0.335 e. The summed E-state index contributed by atoms with van der Waals surface area (Å²) in [5.74, 6) is -0.802. The van der Waals surface area contributed by atoms with Crippen LogP contribution in [-0.2, 0) is 4.79 Å². The lowest BCUT2D eigenvalue weighted by Gasteiger charge is -2.14. The van der Waals surface area contributed by atoms with Gasteiger partial charge in [-0.3, -0.25) is 9.69 Å². The number of fused-ring (bicyclic) bond motifs is 1. The highest BCUT2D eigenvalue weighted by Gasteiger charge is 2.33. The van der Waals surface area contributed by atoms with Gasteiger partial charge in [0.05, 0.1) is 16.2 Å². The molecule has 1 aliphatic heterocycles. The van der Waals surface area contributed by atoms with Gasteiger partial charge in [0, 0.05) is 11.5 Å². The number of aromatic carboxylic acids is 1. The Balaban J connectivity index is 1.68. The molecule has 4 rings (SSSR count). The van der Waals surface area contributed by atoms with Crippen molar-refractivity contribution in [2.45, 2.75) is 0 Å². The molecule has 7 heteroatoms. The van der Waals surface area contributed by atoms with Crippen molar-refractivity contribution in [3.8, 4) is 0 Å². The minimum Gasteiger partial charge on any atom is -0.478 e. The minimum atomic E-state index is -1.06. The monoisotopic (exact) mass is 381 g/mol. The number of hydrogen-bond donors (Lipinski definition) is 1. The summed E-state index contributed by atoms with van der Waals surface area (Å²) < 4.78 is 6.07. The van der Waals surface area contributed by atoms with E-state index in [4.69, 9.17) is 21.7 Å². The molecule has 0 radical (unpaired) electrons. The fourth-order valence-corrected chi connectivity index (χ4v) is 3.95. The van der Waals surface area contributed by atoms with Crippen LogP contribution in [0.2, 0.25) is 0 Å². The van der Waals surface area contributed by atoms with E-state index in [0.717, 1.165) is 22.7 Å². The van der Waals surface area contributed by atoms with Gasteiger partial charge in [-0.2, -0.15) is 0 Å². The molecule has 1 saturated heterocycles. The van der Waals surface area contributed by atoms with Crippen LogP contribution in [0.3, 0.4) is 0 Å². The number of amides is 1. The Hall–Kier alpha value is -2.90. The Morgan fingerprint density at radius 1 is 1.15 bits per heavy atom. The first-order chi connectivity index (χ1) is 12.5. The Labute approximate surface area is 157 Å². The third-order valence-corrected chi connectivity index (χ3v) is 5.17. The summed E-state index contributed by atoms with van der Waals surface area (Å²) in [6.45, 7) is 0. The quantitative estimate of drug-likeness (QED) is 0.531. The van der Waals surface area contributed by atoms with Gasteiger partial charge in [0.25, 0.3) is 5.91 Å². The first-order valence-corrected chi connectivity index (χ1v) is 8.85. The number of rotatable bonds is 3. The number of thiocarbonyl (C=S) groups is 1. The van der Waals surface area contributed by atoms with Gasteiger partial charge in [-0.25, -0.2) is 4.79 Å². The lowest BCUT2D eigenvalue weighted by atomic mass is 10.2. The van der Waals surface area contributed by atoms with E-state index in [1.807, 2.05) is 30.3 Å². The second-order valence-electron chi connectivity index (χ2n) is 5.56. The van der Waals surface area contributed by atoms with Crippen LogP contribution >= 0.6 is 24.0 Å². The van der Waals surface area contributed by atoms with Gasteiger partial charge in [-0.15, -0.1) is 0 Å². The van der Waals surface area contributed by atoms with Crippen LogP contribution in [0.4, 0.5) is 5.69 Å². The molecule has 128 valence electrons. The first-order valence-electron chi connectivity index (χ1n) is 7.63. The van der Waals surface area contributed by atoms with Crippen LogP contribution < -0.4 is 4.90 Å². The Kier molecular flexibility index (Phi) is 4.10. The van der Waals surface area contributed by atoms with Crippen molar-refractivity contribution >= 4 is 62.9 Å². The molecule has 1 amide bonds. The topological polar surface area (TPSA) is 70.8 Å². The molecule has 2 heterocycles. The highest BCUT2D eigenvalue weighted by atomic mass is 32.2. The third-order valence-electron chi connectivity index (χ3n) is 3.86. The number of nitrogens with zero attached hydrogens (tertiary/aromatic N) is 1. The van der Waals surface area contributed by atoms with E-state index in [1.54, 1.807) is 18.2 Å². The zero-order valence-corrected chi connectivity index (χ0v) is 14.8. The van der Waals surface area contributed by atoms with Gasteiger partial charge in [-0.1, -0.05) is 48.2 Å². The van der Waals surface area contributed by atoms with E-state index in [2.05, 4.69) is 0 Å². The van der Waals surface area contributed by atoms with Gasteiger partial charge in [-0.05, 0) is 30.3 Å². The molecule has 1 aromatic heterocycles. The van der Waals surface area contributed by atoms with Crippen molar-refractivity contribution < 1.29 is 19.1 Å². The molecule has 1 N–H and O–H groups in total. The number of furan rings is 1. The molecule has 3 aromatic rings. The molecule has 0 aliphatic carbocycles. The number of carboxylic acids is 1. The Bertz CT molecular complexity index is 1070. The zero-order valence-electron chi connectivity index (χ0n) is 13.2. The predicted octanol–water partition coefficient (Wildman–Crippen LogP) is 4.54. The average Bonchev–Trinajstić information content (AvgIpc) is 3.15. The largest absolute Gasteiger partial charge is 0.478 e. The van der Waals surface area contributed by atoms with Crippen LogP contribution in [-0.4, -0.2) is 21.3 Å². The summed E-state index contributed by atoms with van der Waals surface area (Å²) in [4.78, 5) is 25.7. The summed E-state index contributed by atoms with van der Waals surface area (Å²) in [5.41, 5.74) is 1.27. The van der Waals surface area contributed by atoms with Crippen molar-refractivity contribution in [3.05, 3.63) is 70.8 Å². The number of carbonyl (C=O) groups excluding carboxylic acids is 1. The summed E-state index contributed by atoms with van der Waals surface area (Å²) in [7, 11) is 0. The van der Waals surface area contributed by atoms with Gasteiger partial charge in [0.2, 0.25) is 0 Å². The molecule has 0 saturated carbocycles. The molecule has 2 aromatic carbocycles. The first kappa shape index (κ1) is 16.6. The van der Waals surface area contributed by atoms with Crippen molar-refractivity contribution in [2.75, 3.05) is 4.90 Å². The number of carbonyl (C=O) groups is 2. The number of hydrogen-bond acceptors (Lipinski definition) is 5. The maximum absolute atomic E-state index is 12.8. The fraction of sp³-hybridized carbons (Fsp3) is 0. The molecule has 0 atom stereocenters. The van der Waals surface area contributed by atoms with Gasteiger partial charge < -0.3 is 9.52 Å². The number of benzene rings is 2. The van der Waals surface area contributed by atoms with E-state index in [0.29, 0.717) is 20.7 Å². The summed E-state index contributed by atoms with van der Waals surface area (Å²) >= 11 is 6.47. The van der Waals surface area contributed by atoms with Crippen LogP contribution in [0.5, 0.6) is 0 Å². The second-order valence-corrected chi connectivity index (χ2v) is 7.23. The van der Waals surface area contributed by atoms with E-state index in [-0.39, 0.29) is 11.5 Å². The van der Waals surface area contributed by atoms with Crippen LogP contribution in [0.25, 0.3) is 17.0 Å². The molecule has 5 nitrogen and oxygen atoms in total.